The summed E-state index contributed by atoms with van der Waals surface area (Å²) in [5, 5.41) is 14.5. The first-order valence-electron chi connectivity index (χ1n) is 5.83. The maximum absolute atomic E-state index is 9.35. The summed E-state index contributed by atoms with van der Waals surface area (Å²) >= 11 is 15.5. The summed E-state index contributed by atoms with van der Waals surface area (Å²) in [5.41, 5.74) is 2.32. The van der Waals surface area contributed by atoms with Crippen LogP contribution in [0.3, 0.4) is 0 Å². The fourth-order valence-corrected chi connectivity index (χ4v) is 2.91. The van der Waals surface area contributed by atoms with Gasteiger partial charge in [0.15, 0.2) is 0 Å². The van der Waals surface area contributed by atoms with E-state index in [0.717, 1.165) is 15.9 Å². The van der Waals surface area contributed by atoms with E-state index in [4.69, 9.17) is 27.9 Å². The van der Waals surface area contributed by atoms with Gasteiger partial charge in [0.25, 0.3) is 0 Å². The fraction of sp³-hybridized carbons (Fsp3) is 0.308. The molecule has 0 fully saturated rings. The highest BCUT2D eigenvalue weighted by Crippen LogP contribution is 2.33. The fourth-order valence-electron chi connectivity index (χ4n) is 1.87. The minimum atomic E-state index is -0.193. The largest absolute Gasteiger partial charge is 0.485 e. The number of hydrogen-bond donors (Lipinski definition) is 1. The standard InChI is InChI=1S/C13H13BrCl2N2O2/c1-7-12(14)11(18(2)17-7)6-20-13-8(5-19)3-9(15)4-10(13)16/h3-4,19H,5-6H2,1-2H3. The number of hydrogen-bond acceptors (Lipinski definition) is 3. The van der Waals surface area contributed by atoms with E-state index in [1.807, 2.05) is 14.0 Å². The lowest BCUT2D eigenvalue weighted by molar-refractivity contribution is 0.255. The number of ether oxygens (including phenoxy) is 1. The first-order chi connectivity index (χ1) is 9.43. The SMILES string of the molecule is Cc1nn(C)c(COc2c(Cl)cc(Cl)cc2CO)c1Br. The molecule has 0 radical (unpaired) electrons. The average Bonchev–Trinajstić information content (AvgIpc) is 2.62. The lowest BCUT2D eigenvalue weighted by Crippen LogP contribution is -2.05. The van der Waals surface area contributed by atoms with Crippen LogP contribution in [0.4, 0.5) is 0 Å². The van der Waals surface area contributed by atoms with Gasteiger partial charge in [0.1, 0.15) is 12.4 Å². The lowest BCUT2D eigenvalue weighted by Gasteiger charge is -2.13. The van der Waals surface area contributed by atoms with Crippen LogP contribution in [0, 0.1) is 6.92 Å². The van der Waals surface area contributed by atoms with E-state index in [9.17, 15) is 5.11 Å². The number of aryl methyl sites for hydroxylation is 2. The lowest BCUT2D eigenvalue weighted by atomic mass is 10.2. The second kappa shape index (κ2) is 6.35. The topological polar surface area (TPSA) is 47.3 Å². The molecule has 0 spiro atoms. The first-order valence-corrected chi connectivity index (χ1v) is 7.38. The van der Waals surface area contributed by atoms with Crippen LogP contribution in [0.15, 0.2) is 16.6 Å². The summed E-state index contributed by atoms with van der Waals surface area (Å²) < 4.78 is 8.37. The average molecular weight is 380 g/mol. The Kier molecular flexibility index (Phi) is 4.96. The number of aliphatic hydroxyl groups is 1. The molecule has 0 unspecified atom stereocenters. The summed E-state index contributed by atoms with van der Waals surface area (Å²) in [6.07, 6.45) is 0. The van der Waals surface area contributed by atoms with Crippen LogP contribution < -0.4 is 4.74 Å². The number of halogens is 3. The van der Waals surface area contributed by atoms with Gasteiger partial charge in [-0.25, -0.2) is 0 Å². The van der Waals surface area contributed by atoms with E-state index in [-0.39, 0.29) is 13.2 Å². The van der Waals surface area contributed by atoms with E-state index in [0.29, 0.717) is 21.4 Å². The molecule has 20 heavy (non-hydrogen) atoms. The Morgan fingerprint density at radius 2 is 2.10 bits per heavy atom. The molecule has 0 saturated carbocycles. The van der Waals surface area contributed by atoms with Crippen LogP contribution >= 0.6 is 39.1 Å². The van der Waals surface area contributed by atoms with E-state index < -0.39 is 0 Å². The van der Waals surface area contributed by atoms with Crippen LogP contribution in [0.1, 0.15) is 17.0 Å². The van der Waals surface area contributed by atoms with E-state index in [1.54, 1.807) is 16.8 Å². The highest BCUT2D eigenvalue weighted by molar-refractivity contribution is 9.10. The molecule has 0 aliphatic heterocycles. The van der Waals surface area contributed by atoms with Gasteiger partial charge < -0.3 is 9.84 Å². The molecule has 1 heterocycles. The molecule has 0 atom stereocenters. The Balaban J connectivity index is 2.27. The molecule has 0 aliphatic rings. The first kappa shape index (κ1) is 15.6. The minimum Gasteiger partial charge on any atom is -0.485 e. The Hall–Kier alpha value is -0.750. The molecule has 0 bridgehead atoms. The van der Waals surface area contributed by atoms with E-state index in [1.165, 1.54) is 0 Å². The van der Waals surface area contributed by atoms with Crippen molar-refractivity contribution >= 4 is 39.1 Å². The third-order valence-corrected chi connectivity index (χ3v) is 4.40. The Labute approximate surface area is 135 Å². The molecule has 0 amide bonds. The van der Waals surface area contributed by atoms with Crippen molar-refractivity contribution in [2.75, 3.05) is 0 Å². The van der Waals surface area contributed by atoms with Gasteiger partial charge in [0.2, 0.25) is 0 Å². The Morgan fingerprint density at radius 3 is 2.65 bits per heavy atom. The maximum Gasteiger partial charge on any atom is 0.144 e. The number of benzene rings is 1. The van der Waals surface area contributed by atoms with Crippen molar-refractivity contribution in [1.29, 1.82) is 0 Å². The van der Waals surface area contributed by atoms with Crippen molar-refractivity contribution in [3.63, 3.8) is 0 Å². The molecule has 7 heteroatoms. The monoisotopic (exact) mass is 378 g/mol. The zero-order valence-corrected chi connectivity index (χ0v) is 14.1. The third-order valence-electron chi connectivity index (χ3n) is 2.87. The zero-order valence-electron chi connectivity index (χ0n) is 11.0. The predicted octanol–water partition coefficient (Wildman–Crippen LogP) is 3.87. The van der Waals surface area contributed by atoms with Gasteiger partial charge in [-0.1, -0.05) is 23.2 Å². The molecule has 2 rings (SSSR count). The Bertz CT molecular complexity index is 644. The van der Waals surface area contributed by atoms with Gasteiger partial charge in [-0.3, -0.25) is 4.68 Å². The second-order valence-corrected chi connectivity index (χ2v) is 5.93. The summed E-state index contributed by atoms with van der Waals surface area (Å²) in [6, 6.07) is 3.22. The van der Waals surface area contributed by atoms with Crippen LogP contribution in [0.5, 0.6) is 5.75 Å². The van der Waals surface area contributed by atoms with Gasteiger partial charge in [-0.05, 0) is 35.0 Å². The highest BCUT2D eigenvalue weighted by Gasteiger charge is 2.14. The molecule has 0 saturated heterocycles. The molecule has 1 aromatic carbocycles. The number of nitrogens with zero attached hydrogens (tertiary/aromatic N) is 2. The molecular weight excluding hydrogens is 367 g/mol. The van der Waals surface area contributed by atoms with Crippen molar-refractivity contribution in [2.24, 2.45) is 7.05 Å². The second-order valence-electron chi connectivity index (χ2n) is 4.29. The van der Waals surface area contributed by atoms with Crippen molar-refractivity contribution in [3.05, 3.63) is 43.6 Å². The zero-order chi connectivity index (χ0) is 14.9. The molecule has 4 nitrogen and oxygen atoms in total. The van der Waals surface area contributed by atoms with Crippen LogP contribution in [0.25, 0.3) is 0 Å². The molecule has 0 aliphatic carbocycles. The number of aromatic nitrogens is 2. The number of aliphatic hydroxyl groups excluding tert-OH is 1. The summed E-state index contributed by atoms with van der Waals surface area (Å²) in [7, 11) is 1.84. The summed E-state index contributed by atoms with van der Waals surface area (Å²) in [5.74, 6) is 0.435. The normalized spacial score (nSPS) is 10.9. The van der Waals surface area contributed by atoms with E-state index in [2.05, 4.69) is 21.0 Å². The molecule has 108 valence electrons. The Morgan fingerprint density at radius 1 is 1.40 bits per heavy atom. The quantitative estimate of drug-likeness (QED) is 0.876. The maximum atomic E-state index is 9.35. The molecular formula is C13H13BrCl2N2O2. The molecule has 2 aromatic rings. The van der Waals surface area contributed by atoms with Gasteiger partial charge in [0.05, 0.1) is 27.5 Å². The smallest absolute Gasteiger partial charge is 0.144 e. The van der Waals surface area contributed by atoms with Crippen LogP contribution in [-0.2, 0) is 20.3 Å². The van der Waals surface area contributed by atoms with Crippen LogP contribution in [-0.4, -0.2) is 14.9 Å². The summed E-state index contributed by atoms with van der Waals surface area (Å²) in [4.78, 5) is 0. The van der Waals surface area contributed by atoms with Gasteiger partial charge in [-0.2, -0.15) is 5.10 Å². The van der Waals surface area contributed by atoms with Crippen molar-refractivity contribution in [2.45, 2.75) is 20.1 Å². The highest BCUT2D eigenvalue weighted by atomic mass is 79.9. The molecule has 1 N–H and O–H groups in total. The van der Waals surface area contributed by atoms with E-state index >= 15 is 0 Å². The molecule has 1 aromatic heterocycles. The van der Waals surface area contributed by atoms with Crippen LogP contribution in [0.2, 0.25) is 10.0 Å². The third kappa shape index (κ3) is 3.11. The minimum absolute atomic E-state index is 0.193. The summed E-state index contributed by atoms with van der Waals surface area (Å²) in [6.45, 7) is 2.00. The predicted molar refractivity (Wildman–Crippen MR) is 82.4 cm³/mol. The van der Waals surface area contributed by atoms with Crippen molar-refractivity contribution in [1.82, 2.24) is 9.78 Å². The van der Waals surface area contributed by atoms with Gasteiger partial charge in [-0.15, -0.1) is 0 Å². The van der Waals surface area contributed by atoms with Gasteiger partial charge in [0, 0.05) is 17.6 Å². The van der Waals surface area contributed by atoms with Crippen molar-refractivity contribution < 1.29 is 9.84 Å². The number of rotatable bonds is 4. The van der Waals surface area contributed by atoms with Gasteiger partial charge >= 0.3 is 0 Å². The van der Waals surface area contributed by atoms with Crippen molar-refractivity contribution in [3.8, 4) is 5.75 Å².